The number of rotatable bonds is 5. The molecule has 4 aliphatic carbocycles. The van der Waals surface area contributed by atoms with Gasteiger partial charge in [-0.05, 0) is 98.8 Å². The summed E-state index contributed by atoms with van der Waals surface area (Å²) in [4.78, 5) is 31.4. The second-order valence-electron chi connectivity index (χ2n) is 11.3. The van der Waals surface area contributed by atoms with E-state index in [9.17, 15) is 14.7 Å². The molecule has 7 rings (SSSR count). The molecule has 1 saturated heterocycles. The normalized spacial score (nSPS) is 29.7. The number of carboxylic acid groups (broad SMARTS) is 1. The molecule has 2 aromatic rings. The molecule has 1 N–H and O–H groups in total. The molecule has 1 aromatic heterocycles. The summed E-state index contributed by atoms with van der Waals surface area (Å²) in [6.07, 6.45) is 9.04. The number of piperidine rings is 1. The molecule has 2 heterocycles. The van der Waals surface area contributed by atoms with Crippen LogP contribution in [-0.4, -0.2) is 36.5 Å². The monoisotopic (exact) mass is 503 g/mol. The molecular weight excluding hydrogens is 473 g/mol. The van der Waals surface area contributed by atoms with Gasteiger partial charge < -0.3 is 20.1 Å². The maximum Gasteiger partial charge on any atom is 1.00 e. The number of anilines is 1. The third-order valence-corrected chi connectivity index (χ3v) is 9.29. The maximum atomic E-state index is 13.4. The Labute approximate surface area is 233 Å². The Morgan fingerprint density at radius 1 is 1.03 bits per heavy atom. The van der Waals surface area contributed by atoms with E-state index in [4.69, 9.17) is 16.6 Å². The Kier molecular flexibility index (Phi) is 7.12. The van der Waals surface area contributed by atoms with E-state index in [0.29, 0.717) is 36.5 Å². The van der Waals surface area contributed by atoms with Crippen LogP contribution < -0.4 is 44.9 Å². The first-order valence-corrected chi connectivity index (χ1v) is 13.1. The molecule has 180 valence electrons. The predicted octanol–water partition coefficient (Wildman–Crippen LogP) is 0.805. The summed E-state index contributed by atoms with van der Waals surface area (Å²) in [7, 11) is 0. The fraction of sp³-hybridized carbons (Fsp3) is 0.593. The van der Waals surface area contributed by atoms with Crippen LogP contribution >= 0.6 is 11.6 Å². The zero-order chi connectivity index (χ0) is 23.4. The van der Waals surface area contributed by atoms with Crippen LogP contribution in [0.25, 0.3) is 10.9 Å². The first-order valence-electron chi connectivity index (χ1n) is 12.7. The zero-order valence-corrected chi connectivity index (χ0v) is 23.2. The summed E-state index contributed by atoms with van der Waals surface area (Å²) in [6.45, 7) is 1.99. The van der Waals surface area contributed by atoms with Crippen molar-refractivity contribution in [1.29, 1.82) is 0 Å². The number of aromatic nitrogens is 1. The largest absolute Gasteiger partial charge is 1.00 e. The van der Waals surface area contributed by atoms with Gasteiger partial charge in [0, 0.05) is 36.9 Å². The Hall–Kier alpha value is -1.34. The number of hydrogen-bond acceptors (Lipinski definition) is 5. The topological polar surface area (TPSA) is 85.4 Å². The minimum Gasteiger partial charge on any atom is -0.550 e. The van der Waals surface area contributed by atoms with Crippen molar-refractivity contribution in [2.75, 3.05) is 24.5 Å². The molecule has 5 aliphatic rings. The summed E-state index contributed by atoms with van der Waals surface area (Å²) >= 11 is 6.53. The van der Waals surface area contributed by atoms with Crippen LogP contribution in [0, 0.1) is 29.1 Å². The molecular formula is C27H31ClN3NaO3. The van der Waals surface area contributed by atoms with E-state index in [1.807, 2.05) is 18.2 Å². The summed E-state index contributed by atoms with van der Waals surface area (Å²) < 4.78 is 0. The molecule has 1 aliphatic heterocycles. The number of amides is 1. The molecule has 6 nitrogen and oxygen atoms in total. The van der Waals surface area contributed by atoms with Crippen LogP contribution in [-0.2, 0) is 4.79 Å². The van der Waals surface area contributed by atoms with E-state index in [1.54, 1.807) is 6.07 Å². The van der Waals surface area contributed by atoms with Crippen LogP contribution in [0.15, 0.2) is 24.3 Å². The van der Waals surface area contributed by atoms with E-state index < -0.39 is 5.97 Å². The van der Waals surface area contributed by atoms with Gasteiger partial charge in [-0.25, -0.2) is 4.98 Å². The molecule has 1 amide bonds. The number of nitrogens with zero attached hydrogens (tertiary/aromatic N) is 2. The van der Waals surface area contributed by atoms with Crippen LogP contribution in [0.1, 0.15) is 61.7 Å². The Bertz CT molecular complexity index is 1110. The van der Waals surface area contributed by atoms with Gasteiger partial charge in [-0.1, -0.05) is 11.6 Å². The van der Waals surface area contributed by atoms with Crippen LogP contribution in [0.4, 0.5) is 5.82 Å². The Balaban J connectivity index is 0.00000253. The van der Waals surface area contributed by atoms with Crippen molar-refractivity contribution in [1.82, 2.24) is 10.3 Å². The fourth-order valence-corrected chi connectivity index (χ4v) is 8.03. The molecule has 4 saturated carbocycles. The molecule has 5 fully saturated rings. The number of aliphatic carboxylic acids is 1. The first-order chi connectivity index (χ1) is 16.4. The van der Waals surface area contributed by atoms with E-state index in [-0.39, 0.29) is 46.8 Å². The summed E-state index contributed by atoms with van der Waals surface area (Å²) in [5, 5.41) is 15.6. The van der Waals surface area contributed by atoms with Gasteiger partial charge in [0.1, 0.15) is 5.82 Å². The summed E-state index contributed by atoms with van der Waals surface area (Å²) in [5.41, 5.74) is 1.49. The number of pyridine rings is 1. The molecule has 0 spiro atoms. The third-order valence-electron chi connectivity index (χ3n) is 8.97. The Morgan fingerprint density at radius 3 is 2.26 bits per heavy atom. The van der Waals surface area contributed by atoms with Gasteiger partial charge in [0.15, 0.2) is 0 Å². The first kappa shape index (κ1) is 25.3. The van der Waals surface area contributed by atoms with Gasteiger partial charge in [-0.3, -0.25) is 4.79 Å². The average Bonchev–Trinajstić information content (AvgIpc) is 2.81. The molecule has 0 radical (unpaired) electrons. The predicted molar refractivity (Wildman–Crippen MR) is 130 cm³/mol. The minimum atomic E-state index is -0.968. The van der Waals surface area contributed by atoms with Crippen molar-refractivity contribution in [3.63, 3.8) is 0 Å². The molecule has 4 bridgehead atoms. The summed E-state index contributed by atoms with van der Waals surface area (Å²) in [5.74, 6) is 1.88. The number of nitrogens with one attached hydrogen (secondary N) is 1. The molecule has 0 unspecified atom stereocenters. The van der Waals surface area contributed by atoms with Gasteiger partial charge in [0.25, 0.3) is 5.91 Å². The third kappa shape index (κ3) is 4.84. The van der Waals surface area contributed by atoms with Crippen molar-refractivity contribution in [2.45, 2.75) is 51.4 Å². The number of halogens is 1. The van der Waals surface area contributed by atoms with Crippen molar-refractivity contribution < 1.29 is 44.3 Å². The standard InChI is InChI=1S/C27H32ClN3O3.Na/c28-21-2-3-22-20(1-4-23(30-22)31-7-5-19(6-8-31)26(33)34)24(21)25(32)29-15-27-12-16-9-17(13-27)11-18(10-16)14-27;/h1-4,16-19H,5-15H2,(H,29,32)(H,33,34);/q;+1/p-1. The minimum absolute atomic E-state index is 0. The quantitative estimate of drug-likeness (QED) is 0.610. The number of benzene rings is 1. The van der Waals surface area contributed by atoms with Gasteiger partial charge in [-0.2, -0.15) is 0 Å². The molecule has 8 heteroatoms. The van der Waals surface area contributed by atoms with Crippen LogP contribution in [0.5, 0.6) is 0 Å². The smallest absolute Gasteiger partial charge is 0.550 e. The Morgan fingerprint density at radius 2 is 1.66 bits per heavy atom. The number of carbonyl (C=O) groups excluding carboxylic acids is 2. The fourth-order valence-electron chi connectivity index (χ4n) is 7.78. The maximum absolute atomic E-state index is 13.4. The van der Waals surface area contributed by atoms with Crippen LogP contribution in [0.3, 0.4) is 0 Å². The molecule has 0 atom stereocenters. The van der Waals surface area contributed by atoms with Crippen molar-refractivity contribution >= 4 is 40.2 Å². The number of carboxylic acids is 1. The summed E-state index contributed by atoms with van der Waals surface area (Å²) in [6, 6.07) is 7.44. The van der Waals surface area contributed by atoms with E-state index in [1.165, 1.54) is 38.5 Å². The molecule has 35 heavy (non-hydrogen) atoms. The van der Waals surface area contributed by atoms with Crippen molar-refractivity contribution in [3.05, 3.63) is 34.9 Å². The van der Waals surface area contributed by atoms with Gasteiger partial charge in [0.05, 0.1) is 16.1 Å². The van der Waals surface area contributed by atoms with Crippen molar-refractivity contribution in [2.24, 2.45) is 29.1 Å². The SMILES string of the molecule is O=C(NCC12CC3CC(CC(C3)C1)C2)c1c(Cl)ccc2nc(N3CCC(C(=O)[O-])CC3)ccc12.[Na+]. The number of hydrogen-bond donors (Lipinski definition) is 1. The number of fused-ring (bicyclic) bond motifs is 1. The van der Waals surface area contributed by atoms with E-state index >= 15 is 0 Å². The second-order valence-corrected chi connectivity index (χ2v) is 11.7. The second kappa shape index (κ2) is 9.85. The van der Waals surface area contributed by atoms with Crippen LogP contribution in [0.2, 0.25) is 5.02 Å². The van der Waals surface area contributed by atoms with E-state index in [2.05, 4.69) is 10.2 Å². The molecule has 1 aromatic carbocycles. The van der Waals surface area contributed by atoms with Gasteiger partial charge in [0.2, 0.25) is 0 Å². The van der Waals surface area contributed by atoms with Gasteiger partial charge >= 0.3 is 29.6 Å². The van der Waals surface area contributed by atoms with E-state index in [0.717, 1.165) is 41.0 Å². The van der Waals surface area contributed by atoms with Gasteiger partial charge in [-0.15, -0.1) is 0 Å². The van der Waals surface area contributed by atoms with Crippen molar-refractivity contribution in [3.8, 4) is 0 Å². The zero-order valence-electron chi connectivity index (χ0n) is 20.4. The average molecular weight is 504 g/mol. The number of carbonyl (C=O) groups is 2.